The lowest BCUT2D eigenvalue weighted by molar-refractivity contribution is 0.664. The first-order valence-corrected chi connectivity index (χ1v) is 10.4. The number of amidine groups is 1. The highest BCUT2D eigenvalue weighted by molar-refractivity contribution is 7.87. The van der Waals surface area contributed by atoms with Crippen molar-refractivity contribution >= 4 is 48.1 Å². The van der Waals surface area contributed by atoms with Gasteiger partial charge in [0, 0.05) is 31.0 Å². The van der Waals surface area contributed by atoms with Crippen LogP contribution in [0.5, 0.6) is 0 Å². The molecule has 1 saturated carbocycles. The average Bonchev–Trinajstić information content (AvgIpc) is 3.29. The Balaban J connectivity index is 1.65. The fourth-order valence-corrected chi connectivity index (χ4v) is 6.41. The van der Waals surface area contributed by atoms with Crippen molar-refractivity contribution in [3.8, 4) is 0 Å². The van der Waals surface area contributed by atoms with E-state index in [0.29, 0.717) is 11.6 Å². The molecule has 2 aromatic carbocycles. The van der Waals surface area contributed by atoms with Crippen molar-refractivity contribution in [2.45, 2.75) is 30.6 Å². The molecule has 5 rings (SSSR count). The Morgan fingerprint density at radius 3 is 2.58 bits per heavy atom. The Morgan fingerprint density at radius 2 is 1.88 bits per heavy atom. The number of nitrogens with two attached hydrogens (primary N) is 1. The molecular weight excluding hydrogens is 336 g/mol. The van der Waals surface area contributed by atoms with E-state index in [0.717, 1.165) is 18.4 Å². The van der Waals surface area contributed by atoms with Gasteiger partial charge in [0.15, 0.2) is 0 Å². The molecule has 24 heavy (non-hydrogen) atoms. The van der Waals surface area contributed by atoms with Crippen LogP contribution in [0.15, 0.2) is 41.4 Å². The summed E-state index contributed by atoms with van der Waals surface area (Å²) in [6.45, 7) is 2.12. The van der Waals surface area contributed by atoms with E-state index in [-0.39, 0.29) is 10.8 Å². The van der Waals surface area contributed by atoms with E-state index >= 15 is 0 Å². The van der Waals surface area contributed by atoms with E-state index in [2.05, 4.69) is 43.3 Å². The van der Waals surface area contributed by atoms with Crippen LogP contribution >= 0.6 is 11.3 Å². The van der Waals surface area contributed by atoms with Crippen molar-refractivity contribution in [2.75, 3.05) is 5.75 Å². The summed E-state index contributed by atoms with van der Waals surface area (Å²) in [6, 6.07) is 13.0. The largest absolute Gasteiger partial charge is 0.386 e. The first kappa shape index (κ1) is 14.6. The third-order valence-electron chi connectivity index (χ3n) is 5.24. The zero-order valence-electron chi connectivity index (χ0n) is 13.4. The third kappa shape index (κ3) is 2.01. The van der Waals surface area contributed by atoms with Gasteiger partial charge in [0.05, 0.1) is 11.8 Å². The van der Waals surface area contributed by atoms with Gasteiger partial charge in [-0.1, -0.05) is 17.7 Å². The van der Waals surface area contributed by atoms with Gasteiger partial charge >= 0.3 is 0 Å². The van der Waals surface area contributed by atoms with Crippen molar-refractivity contribution in [2.24, 2.45) is 10.7 Å². The number of thiophene rings is 1. The fraction of sp³-hybridized carbons (Fsp3) is 0.316. The summed E-state index contributed by atoms with van der Waals surface area (Å²) in [6.07, 6.45) is 1.85. The molecule has 2 atom stereocenters. The summed E-state index contributed by atoms with van der Waals surface area (Å²) in [5.41, 5.74) is 8.54. The van der Waals surface area contributed by atoms with Gasteiger partial charge in [-0.05, 0) is 49.6 Å². The monoisotopic (exact) mass is 354 g/mol. The van der Waals surface area contributed by atoms with E-state index < -0.39 is 10.8 Å². The number of aliphatic imine (C=N–C) groups is 1. The van der Waals surface area contributed by atoms with Crippen LogP contribution in [-0.2, 0) is 10.8 Å². The van der Waals surface area contributed by atoms with E-state index in [1.807, 2.05) is 11.3 Å². The van der Waals surface area contributed by atoms with Crippen LogP contribution < -0.4 is 5.73 Å². The number of benzene rings is 2. The van der Waals surface area contributed by atoms with Crippen LogP contribution in [0.2, 0.25) is 0 Å². The second-order valence-electron chi connectivity index (χ2n) is 6.89. The second-order valence-corrected chi connectivity index (χ2v) is 9.78. The number of nitrogens with zero attached hydrogens (tertiary/aromatic N) is 1. The van der Waals surface area contributed by atoms with Crippen molar-refractivity contribution < 1.29 is 4.21 Å². The number of rotatable bonds is 1. The van der Waals surface area contributed by atoms with Crippen LogP contribution in [0.3, 0.4) is 0 Å². The highest BCUT2D eigenvalue weighted by Gasteiger charge is 2.54. The van der Waals surface area contributed by atoms with Gasteiger partial charge in [-0.3, -0.25) is 9.20 Å². The van der Waals surface area contributed by atoms with E-state index in [1.54, 1.807) is 0 Å². The average molecular weight is 355 g/mol. The van der Waals surface area contributed by atoms with Crippen molar-refractivity contribution in [3.63, 3.8) is 0 Å². The molecule has 122 valence electrons. The Morgan fingerprint density at radius 1 is 1.17 bits per heavy atom. The highest BCUT2D eigenvalue weighted by atomic mass is 32.2. The maximum atomic E-state index is 12.6. The topological polar surface area (TPSA) is 55.5 Å². The number of aryl methyl sites for hydroxylation is 1. The molecule has 5 heteroatoms. The molecule has 2 heterocycles. The Hall–Kier alpha value is -1.72. The SMILES string of the molecule is Cc1ccc2sc3ccc(C4CS(=O)C5(CC5)C(N)=N4)cc3c2c1. The highest BCUT2D eigenvalue weighted by Crippen LogP contribution is 2.46. The van der Waals surface area contributed by atoms with Crippen molar-refractivity contribution in [3.05, 3.63) is 47.5 Å². The first-order chi connectivity index (χ1) is 11.6. The third-order valence-corrected chi connectivity index (χ3v) is 8.50. The molecule has 0 radical (unpaired) electrons. The normalized spacial score (nSPS) is 25.3. The molecule has 3 nitrogen and oxygen atoms in total. The Bertz CT molecular complexity index is 1050. The summed E-state index contributed by atoms with van der Waals surface area (Å²) in [7, 11) is -0.908. The first-order valence-electron chi connectivity index (χ1n) is 8.22. The molecule has 0 bridgehead atoms. The van der Waals surface area contributed by atoms with Gasteiger partial charge in [-0.25, -0.2) is 0 Å². The summed E-state index contributed by atoms with van der Waals surface area (Å²) >= 11 is 1.82. The summed E-state index contributed by atoms with van der Waals surface area (Å²) in [5, 5.41) is 2.56. The number of hydrogen-bond donors (Lipinski definition) is 1. The van der Waals surface area contributed by atoms with Gasteiger partial charge < -0.3 is 5.73 Å². The molecule has 1 aromatic heterocycles. The fourth-order valence-electron chi connectivity index (χ4n) is 3.63. The van der Waals surface area contributed by atoms with E-state index in [4.69, 9.17) is 10.7 Å². The molecule has 1 aliphatic carbocycles. The smallest absolute Gasteiger partial charge is 0.113 e. The van der Waals surface area contributed by atoms with Gasteiger partial charge in [-0.2, -0.15) is 0 Å². The minimum absolute atomic E-state index is 0.0822. The molecular formula is C19H18N2OS2. The lowest BCUT2D eigenvalue weighted by atomic mass is 10.0. The van der Waals surface area contributed by atoms with Gasteiger partial charge in [-0.15, -0.1) is 11.3 Å². The Labute approximate surface area is 147 Å². The minimum atomic E-state index is -0.908. The standard InChI is InChI=1S/C19H18N2OS2/c1-11-2-4-16-13(8-11)14-9-12(3-5-17(14)23-16)15-10-24(22)19(6-7-19)18(20)21-15/h2-5,8-9,15H,6-7,10H2,1H3,(H2,20,21). The molecule has 1 fully saturated rings. The molecule has 2 unspecified atom stereocenters. The zero-order valence-corrected chi connectivity index (χ0v) is 15.0. The molecule has 1 aliphatic heterocycles. The summed E-state index contributed by atoms with van der Waals surface area (Å²) < 4.78 is 14.9. The number of hydrogen-bond acceptors (Lipinski definition) is 4. The maximum absolute atomic E-state index is 12.6. The quantitative estimate of drug-likeness (QED) is 0.716. The lowest BCUT2D eigenvalue weighted by Gasteiger charge is -2.25. The van der Waals surface area contributed by atoms with Crippen molar-refractivity contribution in [1.29, 1.82) is 0 Å². The molecule has 2 aliphatic rings. The van der Waals surface area contributed by atoms with E-state index in [9.17, 15) is 4.21 Å². The van der Waals surface area contributed by atoms with Gasteiger partial charge in [0.2, 0.25) is 0 Å². The predicted octanol–water partition coefficient (Wildman–Crippen LogP) is 4.06. The van der Waals surface area contributed by atoms with Crippen molar-refractivity contribution in [1.82, 2.24) is 0 Å². The molecule has 0 saturated heterocycles. The maximum Gasteiger partial charge on any atom is 0.113 e. The summed E-state index contributed by atoms with van der Waals surface area (Å²) in [4.78, 5) is 4.71. The molecule has 0 amide bonds. The summed E-state index contributed by atoms with van der Waals surface area (Å²) in [5.74, 6) is 1.19. The van der Waals surface area contributed by atoms with Gasteiger partial charge in [0.25, 0.3) is 0 Å². The van der Waals surface area contributed by atoms with Crippen LogP contribution in [0.4, 0.5) is 0 Å². The second kappa shape index (κ2) is 4.90. The minimum Gasteiger partial charge on any atom is -0.386 e. The molecule has 2 N–H and O–H groups in total. The van der Waals surface area contributed by atoms with Crippen LogP contribution in [-0.4, -0.2) is 20.5 Å². The zero-order chi connectivity index (χ0) is 16.5. The van der Waals surface area contributed by atoms with Crippen LogP contribution in [0, 0.1) is 6.92 Å². The van der Waals surface area contributed by atoms with E-state index in [1.165, 1.54) is 25.7 Å². The van der Waals surface area contributed by atoms with Crippen LogP contribution in [0.25, 0.3) is 20.2 Å². The van der Waals surface area contributed by atoms with Crippen LogP contribution in [0.1, 0.15) is 30.0 Å². The number of fused-ring (bicyclic) bond motifs is 3. The lowest BCUT2D eigenvalue weighted by Crippen LogP contribution is -2.41. The van der Waals surface area contributed by atoms with Gasteiger partial charge in [0.1, 0.15) is 10.6 Å². The predicted molar refractivity (Wildman–Crippen MR) is 103 cm³/mol. The Kier molecular flexibility index (Phi) is 2.98. The molecule has 1 spiro atoms. The molecule has 3 aromatic rings.